The molecule has 108 valence electrons. The van der Waals surface area contributed by atoms with E-state index in [0.29, 0.717) is 11.8 Å². The molecular formula is C12H13F3N4O. The second-order valence-electron chi connectivity index (χ2n) is 4.39. The number of benzene rings is 1. The molecule has 20 heavy (non-hydrogen) atoms. The Kier molecular flexibility index (Phi) is 4.35. The van der Waals surface area contributed by atoms with Gasteiger partial charge in [-0.1, -0.05) is 5.21 Å². The van der Waals surface area contributed by atoms with Crippen molar-refractivity contribution in [1.29, 1.82) is 0 Å². The number of hydrogen-bond donors (Lipinski definition) is 2. The largest absolute Gasteiger partial charge is 0.390 e. The molecule has 0 bridgehead atoms. The Morgan fingerprint density at radius 2 is 1.90 bits per heavy atom. The van der Waals surface area contributed by atoms with Crippen LogP contribution in [-0.2, 0) is 19.6 Å². The summed E-state index contributed by atoms with van der Waals surface area (Å²) in [6.07, 6.45) is 1.39. The fraction of sp³-hybridized carbons (Fsp3) is 0.333. The monoisotopic (exact) mass is 286 g/mol. The number of halogens is 3. The van der Waals surface area contributed by atoms with Crippen LogP contribution in [0.25, 0.3) is 0 Å². The van der Waals surface area contributed by atoms with Crippen molar-refractivity contribution < 1.29 is 18.3 Å². The van der Waals surface area contributed by atoms with Crippen LogP contribution >= 0.6 is 0 Å². The Morgan fingerprint density at radius 3 is 2.60 bits per heavy atom. The van der Waals surface area contributed by atoms with Crippen LogP contribution in [0.5, 0.6) is 0 Å². The lowest BCUT2D eigenvalue weighted by atomic mass is 10.1. The molecule has 1 atom stereocenters. The van der Waals surface area contributed by atoms with Gasteiger partial charge in [-0.2, -0.15) is 0 Å². The van der Waals surface area contributed by atoms with E-state index in [1.165, 1.54) is 10.9 Å². The molecule has 2 aromatic rings. The molecule has 0 spiro atoms. The third kappa shape index (κ3) is 3.14. The van der Waals surface area contributed by atoms with Crippen molar-refractivity contribution in [2.24, 2.45) is 5.73 Å². The van der Waals surface area contributed by atoms with Crippen molar-refractivity contribution in [3.8, 4) is 0 Å². The number of hydrogen-bond acceptors (Lipinski definition) is 4. The molecule has 8 heteroatoms. The third-order valence-corrected chi connectivity index (χ3v) is 2.84. The summed E-state index contributed by atoms with van der Waals surface area (Å²) < 4.78 is 40.7. The van der Waals surface area contributed by atoms with Gasteiger partial charge in [-0.05, 0) is 18.1 Å². The van der Waals surface area contributed by atoms with Crippen molar-refractivity contribution in [2.75, 3.05) is 0 Å². The second kappa shape index (κ2) is 6.02. The number of aromatic nitrogens is 3. The van der Waals surface area contributed by atoms with Crippen molar-refractivity contribution in [1.82, 2.24) is 15.0 Å². The molecule has 1 aromatic heterocycles. The van der Waals surface area contributed by atoms with Gasteiger partial charge in [0.05, 0.1) is 25.0 Å². The Balaban J connectivity index is 2.08. The fourth-order valence-electron chi connectivity index (χ4n) is 1.84. The van der Waals surface area contributed by atoms with E-state index < -0.39 is 23.5 Å². The molecule has 0 unspecified atom stereocenters. The minimum atomic E-state index is -1.24. The van der Waals surface area contributed by atoms with E-state index in [1.54, 1.807) is 0 Å². The van der Waals surface area contributed by atoms with E-state index in [2.05, 4.69) is 10.3 Å². The molecule has 0 aliphatic rings. The van der Waals surface area contributed by atoms with Gasteiger partial charge in [0.25, 0.3) is 0 Å². The molecule has 0 saturated carbocycles. The number of aliphatic hydroxyl groups excluding tert-OH is 1. The predicted octanol–water partition coefficient (Wildman–Crippen LogP) is 0.758. The van der Waals surface area contributed by atoms with Crippen molar-refractivity contribution in [3.63, 3.8) is 0 Å². The summed E-state index contributed by atoms with van der Waals surface area (Å²) in [4.78, 5) is 0. The average molecular weight is 286 g/mol. The summed E-state index contributed by atoms with van der Waals surface area (Å²) in [6.45, 7) is -0.0758. The fourth-order valence-corrected chi connectivity index (χ4v) is 1.84. The maximum atomic E-state index is 13.5. The Bertz CT molecular complexity index is 602. The molecule has 5 nitrogen and oxygen atoms in total. The van der Waals surface area contributed by atoms with Gasteiger partial charge in [0.1, 0.15) is 5.82 Å². The summed E-state index contributed by atoms with van der Waals surface area (Å²) in [5.74, 6) is -3.20. The molecule has 0 saturated heterocycles. The van der Waals surface area contributed by atoms with Crippen LogP contribution in [0, 0.1) is 17.5 Å². The van der Waals surface area contributed by atoms with Gasteiger partial charge >= 0.3 is 0 Å². The Labute approximate surface area is 112 Å². The Hall–Kier alpha value is -1.93. The van der Waals surface area contributed by atoms with Crippen molar-refractivity contribution >= 4 is 0 Å². The summed E-state index contributed by atoms with van der Waals surface area (Å²) in [7, 11) is 0. The quantitative estimate of drug-likeness (QED) is 0.795. The zero-order chi connectivity index (χ0) is 14.7. The highest BCUT2D eigenvalue weighted by atomic mass is 19.2. The molecule has 1 heterocycles. The summed E-state index contributed by atoms with van der Waals surface area (Å²) in [5.41, 5.74) is 6.28. The molecule has 2 rings (SSSR count). The van der Waals surface area contributed by atoms with Crippen LogP contribution in [0.15, 0.2) is 18.3 Å². The maximum absolute atomic E-state index is 13.5. The third-order valence-electron chi connectivity index (χ3n) is 2.84. The van der Waals surface area contributed by atoms with Crippen LogP contribution in [0.3, 0.4) is 0 Å². The van der Waals surface area contributed by atoms with Crippen molar-refractivity contribution in [3.05, 3.63) is 47.0 Å². The summed E-state index contributed by atoms with van der Waals surface area (Å²) in [5, 5.41) is 16.4. The topological polar surface area (TPSA) is 77.0 Å². The van der Waals surface area contributed by atoms with E-state index >= 15 is 0 Å². The van der Waals surface area contributed by atoms with Crippen LogP contribution in [0.4, 0.5) is 13.2 Å². The first-order valence-corrected chi connectivity index (χ1v) is 5.88. The van der Waals surface area contributed by atoms with Crippen molar-refractivity contribution in [2.45, 2.75) is 25.6 Å². The number of nitrogens with two attached hydrogens (primary N) is 1. The highest BCUT2D eigenvalue weighted by Gasteiger charge is 2.14. The first-order chi connectivity index (χ1) is 9.51. The minimum absolute atomic E-state index is 0.00770. The molecule has 0 radical (unpaired) electrons. The summed E-state index contributed by atoms with van der Waals surface area (Å²) in [6, 6.07) is 0.700. The zero-order valence-corrected chi connectivity index (χ0v) is 10.4. The smallest absolute Gasteiger partial charge is 0.161 e. The standard InChI is InChI=1S/C12H13F3N4O/c13-10-3-12(15)11(14)2-7(10)1-8(16)5-19-9(6-20)4-17-18-19/h2-4,8,20H,1,5-6,16H2/t8-/m1/s1. The van der Waals surface area contributed by atoms with Gasteiger partial charge < -0.3 is 10.8 Å². The van der Waals surface area contributed by atoms with Gasteiger partial charge in [0, 0.05) is 12.1 Å². The van der Waals surface area contributed by atoms with Crippen LogP contribution < -0.4 is 5.73 Å². The van der Waals surface area contributed by atoms with Gasteiger partial charge in [0.2, 0.25) is 0 Å². The van der Waals surface area contributed by atoms with E-state index in [1.807, 2.05) is 0 Å². The lowest BCUT2D eigenvalue weighted by Gasteiger charge is -2.13. The SMILES string of the molecule is N[C@H](Cc1cc(F)c(F)cc1F)Cn1nncc1CO. The highest BCUT2D eigenvalue weighted by molar-refractivity contribution is 5.21. The minimum Gasteiger partial charge on any atom is -0.390 e. The first kappa shape index (κ1) is 14.5. The van der Waals surface area contributed by atoms with Crippen LogP contribution in [0.2, 0.25) is 0 Å². The van der Waals surface area contributed by atoms with Crippen LogP contribution in [0.1, 0.15) is 11.3 Å². The molecule has 0 fully saturated rings. The van der Waals surface area contributed by atoms with E-state index in [9.17, 15) is 13.2 Å². The van der Waals surface area contributed by atoms with E-state index in [-0.39, 0.29) is 25.1 Å². The van der Waals surface area contributed by atoms with E-state index in [4.69, 9.17) is 10.8 Å². The van der Waals surface area contributed by atoms with Gasteiger partial charge in [-0.3, -0.25) is 0 Å². The van der Waals surface area contributed by atoms with Gasteiger partial charge in [-0.15, -0.1) is 5.10 Å². The second-order valence-corrected chi connectivity index (χ2v) is 4.39. The zero-order valence-electron chi connectivity index (χ0n) is 10.4. The number of aliphatic hydroxyl groups is 1. The average Bonchev–Trinajstić information content (AvgIpc) is 2.83. The summed E-state index contributed by atoms with van der Waals surface area (Å²) >= 11 is 0. The van der Waals surface area contributed by atoms with Crippen LogP contribution in [-0.4, -0.2) is 26.1 Å². The van der Waals surface area contributed by atoms with E-state index in [0.717, 1.165) is 6.07 Å². The van der Waals surface area contributed by atoms with Gasteiger partial charge in [0.15, 0.2) is 11.6 Å². The lowest BCUT2D eigenvalue weighted by molar-refractivity contribution is 0.265. The Morgan fingerprint density at radius 1 is 1.20 bits per heavy atom. The highest BCUT2D eigenvalue weighted by Crippen LogP contribution is 2.15. The lowest BCUT2D eigenvalue weighted by Crippen LogP contribution is -2.30. The molecule has 0 aliphatic heterocycles. The molecule has 0 amide bonds. The molecule has 3 N–H and O–H groups in total. The molecule has 1 aromatic carbocycles. The predicted molar refractivity (Wildman–Crippen MR) is 63.9 cm³/mol. The normalized spacial score (nSPS) is 12.7. The number of nitrogens with zero attached hydrogens (tertiary/aromatic N) is 3. The molecule has 0 aliphatic carbocycles. The maximum Gasteiger partial charge on any atom is 0.161 e. The molecular weight excluding hydrogens is 273 g/mol. The first-order valence-electron chi connectivity index (χ1n) is 5.88. The number of rotatable bonds is 5. The van der Waals surface area contributed by atoms with Gasteiger partial charge in [-0.25, -0.2) is 17.9 Å².